The van der Waals surface area contributed by atoms with Crippen molar-refractivity contribution < 1.29 is 4.79 Å². The highest BCUT2D eigenvalue weighted by atomic mass is 35.5. The molecule has 3 aromatic carbocycles. The van der Waals surface area contributed by atoms with Crippen molar-refractivity contribution in [2.45, 2.75) is 26.3 Å². The number of hydrogen-bond donors (Lipinski definition) is 1. The monoisotopic (exact) mass is 460 g/mol. The standard InChI is InChI=1S/C24H23Cl3N2O/c1-2-17-7-11-21(12-8-17)28-24(30)29(16-19-5-3-4-6-22(19)26)14-13-18-9-10-20(25)15-23(18)27/h3-12,15H,2,13-14,16H2,1H3,(H,28,30). The summed E-state index contributed by atoms with van der Waals surface area (Å²) < 4.78 is 0. The van der Waals surface area contributed by atoms with E-state index in [0.717, 1.165) is 23.2 Å². The average molecular weight is 462 g/mol. The van der Waals surface area contributed by atoms with Crippen LogP contribution in [0.1, 0.15) is 23.6 Å². The maximum atomic E-state index is 13.1. The fraction of sp³-hybridized carbons (Fsp3) is 0.208. The molecule has 0 saturated heterocycles. The SMILES string of the molecule is CCc1ccc(NC(=O)N(CCc2ccc(Cl)cc2Cl)Cc2ccccc2Cl)cc1. The fourth-order valence-electron chi connectivity index (χ4n) is 3.09. The van der Waals surface area contributed by atoms with Gasteiger partial charge >= 0.3 is 6.03 Å². The van der Waals surface area contributed by atoms with Gasteiger partial charge in [-0.3, -0.25) is 0 Å². The van der Waals surface area contributed by atoms with Crippen molar-refractivity contribution in [3.63, 3.8) is 0 Å². The summed E-state index contributed by atoms with van der Waals surface area (Å²) in [5, 5.41) is 4.80. The highest BCUT2D eigenvalue weighted by Gasteiger charge is 2.16. The number of urea groups is 1. The molecule has 1 N–H and O–H groups in total. The Balaban J connectivity index is 1.76. The van der Waals surface area contributed by atoms with Crippen molar-refractivity contribution in [2.75, 3.05) is 11.9 Å². The number of amides is 2. The molecule has 0 unspecified atom stereocenters. The van der Waals surface area contributed by atoms with Crippen molar-refractivity contribution in [3.05, 3.63) is 98.5 Å². The van der Waals surface area contributed by atoms with Gasteiger partial charge in [-0.1, -0.05) is 78.1 Å². The van der Waals surface area contributed by atoms with Crippen molar-refractivity contribution in [1.82, 2.24) is 4.90 Å². The molecule has 3 aromatic rings. The highest BCUT2D eigenvalue weighted by molar-refractivity contribution is 6.35. The first kappa shape index (κ1) is 22.5. The van der Waals surface area contributed by atoms with E-state index in [1.165, 1.54) is 5.56 Å². The molecule has 0 atom stereocenters. The van der Waals surface area contributed by atoms with Gasteiger partial charge in [0, 0.05) is 33.8 Å². The minimum Gasteiger partial charge on any atom is -0.320 e. The van der Waals surface area contributed by atoms with Crippen LogP contribution in [-0.4, -0.2) is 17.5 Å². The number of nitrogens with zero attached hydrogens (tertiary/aromatic N) is 1. The smallest absolute Gasteiger partial charge is 0.320 e. The third-order valence-electron chi connectivity index (χ3n) is 4.89. The molecule has 0 spiro atoms. The van der Waals surface area contributed by atoms with Crippen LogP contribution < -0.4 is 5.32 Å². The number of rotatable bonds is 7. The Morgan fingerprint density at radius 1 is 0.900 bits per heavy atom. The molecular formula is C24H23Cl3N2O. The van der Waals surface area contributed by atoms with E-state index in [1.54, 1.807) is 17.0 Å². The molecule has 6 heteroatoms. The van der Waals surface area contributed by atoms with Gasteiger partial charge in [0.25, 0.3) is 0 Å². The summed E-state index contributed by atoms with van der Waals surface area (Å²) in [5.74, 6) is 0. The van der Waals surface area contributed by atoms with E-state index in [9.17, 15) is 4.79 Å². The quantitative estimate of drug-likeness (QED) is 0.388. The molecular weight excluding hydrogens is 439 g/mol. The van der Waals surface area contributed by atoms with Gasteiger partial charge in [0.1, 0.15) is 0 Å². The van der Waals surface area contributed by atoms with Crippen LogP contribution in [0.3, 0.4) is 0 Å². The number of hydrogen-bond acceptors (Lipinski definition) is 1. The Labute approximate surface area is 192 Å². The molecule has 0 aliphatic rings. The van der Waals surface area contributed by atoms with Crippen LogP contribution in [-0.2, 0) is 19.4 Å². The zero-order valence-electron chi connectivity index (χ0n) is 16.7. The Bertz CT molecular complexity index is 1010. The lowest BCUT2D eigenvalue weighted by Gasteiger charge is -2.24. The Kier molecular flexibility index (Phi) is 8.03. The van der Waals surface area contributed by atoms with Gasteiger partial charge < -0.3 is 10.2 Å². The minimum absolute atomic E-state index is 0.191. The molecule has 3 rings (SSSR count). The second kappa shape index (κ2) is 10.7. The summed E-state index contributed by atoms with van der Waals surface area (Å²) in [6.45, 7) is 2.97. The van der Waals surface area contributed by atoms with Crippen molar-refractivity contribution in [2.24, 2.45) is 0 Å². The molecule has 0 aromatic heterocycles. The lowest BCUT2D eigenvalue weighted by molar-refractivity contribution is 0.210. The third kappa shape index (κ3) is 6.15. The minimum atomic E-state index is -0.191. The predicted octanol–water partition coefficient (Wildman–Crippen LogP) is 7.49. The predicted molar refractivity (Wildman–Crippen MR) is 127 cm³/mol. The van der Waals surface area contributed by atoms with Crippen LogP contribution in [0.4, 0.5) is 10.5 Å². The molecule has 0 bridgehead atoms. The molecule has 0 radical (unpaired) electrons. The number of carbonyl (C=O) groups excluding carboxylic acids is 1. The molecule has 30 heavy (non-hydrogen) atoms. The summed E-state index contributed by atoms with van der Waals surface area (Å²) in [7, 11) is 0. The van der Waals surface area contributed by atoms with Crippen LogP contribution in [0, 0.1) is 0 Å². The lowest BCUT2D eigenvalue weighted by Crippen LogP contribution is -2.36. The number of nitrogens with one attached hydrogen (secondary N) is 1. The normalized spacial score (nSPS) is 10.7. The second-order valence-electron chi connectivity index (χ2n) is 6.98. The van der Waals surface area contributed by atoms with Gasteiger partial charge in [-0.05, 0) is 59.9 Å². The Morgan fingerprint density at radius 3 is 2.30 bits per heavy atom. The lowest BCUT2D eigenvalue weighted by atomic mass is 10.1. The van der Waals surface area contributed by atoms with Gasteiger partial charge in [0.2, 0.25) is 0 Å². The third-order valence-corrected chi connectivity index (χ3v) is 5.84. The van der Waals surface area contributed by atoms with E-state index in [4.69, 9.17) is 34.8 Å². The van der Waals surface area contributed by atoms with Crippen LogP contribution in [0.25, 0.3) is 0 Å². The average Bonchev–Trinajstić information content (AvgIpc) is 2.74. The molecule has 2 amide bonds. The molecule has 0 aliphatic heterocycles. The van der Waals surface area contributed by atoms with Gasteiger partial charge in [-0.15, -0.1) is 0 Å². The Morgan fingerprint density at radius 2 is 1.63 bits per heavy atom. The van der Waals surface area contributed by atoms with Crippen LogP contribution in [0.2, 0.25) is 15.1 Å². The van der Waals surface area contributed by atoms with Gasteiger partial charge in [-0.25, -0.2) is 4.79 Å². The molecule has 156 valence electrons. The number of carbonyl (C=O) groups is 1. The Hall–Kier alpha value is -2.20. The van der Waals surface area contributed by atoms with Crippen LogP contribution >= 0.6 is 34.8 Å². The number of benzene rings is 3. The molecule has 0 heterocycles. The second-order valence-corrected chi connectivity index (χ2v) is 8.23. The number of aryl methyl sites for hydroxylation is 1. The van der Waals surface area contributed by atoms with E-state index in [0.29, 0.717) is 34.6 Å². The molecule has 0 aliphatic carbocycles. The first-order valence-corrected chi connectivity index (χ1v) is 10.9. The number of anilines is 1. The van der Waals surface area contributed by atoms with Crippen molar-refractivity contribution in [3.8, 4) is 0 Å². The zero-order chi connectivity index (χ0) is 21.5. The first-order chi connectivity index (χ1) is 14.5. The van der Waals surface area contributed by atoms with Gasteiger partial charge in [0.15, 0.2) is 0 Å². The van der Waals surface area contributed by atoms with Crippen molar-refractivity contribution in [1.29, 1.82) is 0 Å². The van der Waals surface area contributed by atoms with Gasteiger partial charge in [0.05, 0.1) is 0 Å². The largest absolute Gasteiger partial charge is 0.322 e. The van der Waals surface area contributed by atoms with E-state index in [1.807, 2.05) is 54.6 Å². The zero-order valence-corrected chi connectivity index (χ0v) is 18.9. The van der Waals surface area contributed by atoms with Crippen molar-refractivity contribution >= 4 is 46.5 Å². The fourth-order valence-corrected chi connectivity index (χ4v) is 3.79. The topological polar surface area (TPSA) is 32.3 Å². The summed E-state index contributed by atoms with van der Waals surface area (Å²) in [6.07, 6.45) is 1.55. The maximum Gasteiger partial charge on any atom is 0.322 e. The van der Waals surface area contributed by atoms with E-state index in [2.05, 4.69) is 12.2 Å². The van der Waals surface area contributed by atoms with Crippen LogP contribution in [0.15, 0.2) is 66.7 Å². The maximum absolute atomic E-state index is 13.1. The summed E-state index contributed by atoms with van der Waals surface area (Å²) >= 11 is 18.6. The van der Waals surface area contributed by atoms with E-state index >= 15 is 0 Å². The van der Waals surface area contributed by atoms with Gasteiger partial charge in [-0.2, -0.15) is 0 Å². The summed E-state index contributed by atoms with van der Waals surface area (Å²) in [4.78, 5) is 14.8. The summed E-state index contributed by atoms with van der Waals surface area (Å²) in [6, 6.07) is 20.6. The number of halogens is 3. The van der Waals surface area contributed by atoms with E-state index in [-0.39, 0.29) is 6.03 Å². The highest BCUT2D eigenvalue weighted by Crippen LogP contribution is 2.23. The molecule has 3 nitrogen and oxygen atoms in total. The molecule has 0 saturated carbocycles. The van der Waals surface area contributed by atoms with E-state index < -0.39 is 0 Å². The molecule has 0 fully saturated rings. The summed E-state index contributed by atoms with van der Waals surface area (Å²) in [5.41, 5.74) is 3.80. The first-order valence-electron chi connectivity index (χ1n) is 9.78. The van der Waals surface area contributed by atoms with Crippen LogP contribution in [0.5, 0.6) is 0 Å².